The summed E-state index contributed by atoms with van der Waals surface area (Å²) in [7, 11) is 0. The molecule has 9 heteroatoms. The SMILES string of the molecule is Fc1cc(Nc2ccnc(-c3ccc4cc(-c5nccs5)[nH]c4c3)n2)ccc1-c1cn[nH]c1. The molecule has 0 aliphatic heterocycles. The predicted molar refractivity (Wildman–Crippen MR) is 128 cm³/mol. The maximum atomic E-state index is 14.6. The lowest BCUT2D eigenvalue weighted by atomic mass is 10.1. The standard InChI is InChI=1S/C24H16FN7S/c25-19-11-17(3-4-18(19)16-12-28-29-13-16)30-22-5-6-26-23(32-22)15-2-1-14-9-21(31-20(14)10-15)24-27-7-8-33-24/h1-13,31H,(H,28,29)(H,26,30,32). The van der Waals surface area contributed by atoms with Gasteiger partial charge < -0.3 is 10.3 Å². The Morgan fingerprint density at radius 3 is 2.73 bits per heavy atom. The molecule has 7 nitrogen and oxygen atoms in total. The van der Waals surface area contributed by atoms with E-state index in [2.05, 4.69) is 41.5 Å². The Balaban J connectivity index is 1.28. The fraction of sp³-hybridized carbons (Fsp3) is 0. The zero-order valence-corrected chi connectivity index (χ0v) is 17.9. The maximum absolute atomic E-state index is 14.6. The van der Waals surface area contributed by atoms with Gasteiger partial charge in [0.25, 0.3) is 0 Å². The fourth-order valence-electron chi connectivity index (χ4n) is 3.68. The minimum absolute atomic E-state index is 0.344. The maximum Gasteiger partial charge on any atom is 0.161 e. The van der Waals surface area contributed by atoms with Crippen LogP contribution in [0.3, 0.4) is 0 Å². The highest BCUT2D eigenvalue weighted by molar-refractivity contribution is 7.13. The van der Waals surface area contributed by atoms with Gasteiger partial charge in [-0.1, -0.05) is 12.1 Å². The van der Waals surface area contributed by atoms with Gasteiger partial charge in [-0.3, -0.25) is 5.10 Å². The highest BCUT2D eigenvalue weighted by Gasteiger charge is 2.10. The molecule has 0 amide bonds. The minimum atomic E-state index is -0.344. The lowest BCUT2D eigenvalue weighted by molar-refractivity contribution is 0.632. The Morgan fingerprint density at radius 1 is 0.939 bits per heavy atom. The number of H-pyrrole nitrogens is 2. The molecular formula is C24H16FN7S. The molecule has 0 saturated carbocycles. The van der Waals surface area contributed by atoms with Crippen molar-refractivity contribution in [2.45, 2.75) is 0 Å². The molecule has 6 aromatic rings. The summed E-state index contributed by atoms with van der Waals surface area (Å²) in [4.78, 5) is 16.8. The Bertz CT molecular complexity index is 1560. The molecule has 2 aromatic carbocycles. The number of hydrogen-bond acceptors (Lipinski definition) is 6. The zero-order chi connectivity index (χ0) is 22.2. The number of hydrogen-bond donors (Lipinski definition) is 3. The summed E-state index contributed by atoms with van der Waals surface area (Å²) in [5, 5.41) is 13.7. The molecule has 4 heterocycles. The van der Waals surface area contributed by atoms with Crippen molar-refractivity contribution in [1.82, 2.24) is 30.1 Å². The molecule has 0 fully saturated rings. The third kappa shape index (κ3) is 3.74. The monoisotopic (exact) mass is 453 g/mol. The van der Waals surface area contributed by atoms with E-state index in [1.165, 1.54) is 6.07 Å². The largest absolute Gasteiger partial charge is 0.353 e. The van der Waals surface area contributed by atoms with Crippen molar-refractivity contribution in [3.05, 3.63) is 84.5 Å². The second kappa shape index (κ2) is 7.95. The van der Waals surface area contributed by atoms with Gasteiger partial charge in [0.15, 0.2) is 5.82 Å². The molecular weight excluding hydrogens is 437 g/mol. The van der Waals surface area contributed by atoms with Crippen LogP contribution in [-0.4, -0.2) is 30.1 Å². The Labute approximate surface area is 191 Å². The van der Waals surface area contributed by atoms with E-state index < -0.39 is 0 Å². The number of anilines is 2. The number of fused-ring (bicyclic) bond motifs is 1. The van der Waals surface area contributed by atoms with Crippen molar-refractivity contribution in [3.63, 3.8) is 0 Å². The topological polar surface area (TPSA) is 95.2 Å². The van der Waals surface area contributed by atoms with Crippen LogP contribution in [0.1, 0.15) is 0 Å². The molecule has 0 aliphatic rings. The third-order valence-electron chi connectivity index (χ3n) is 5.25. The van der Waals surface area contributed by atoms with E-state index >= 15 is 0 Å². The second-order valence-corrected chi connectivity index (χ2v) is 8.29. The van der Waals surface area contributed by atoms with Crippen LogP contribution in [0.5, 0.6) is 0 Å². The van der Waals surface area contributed by atoms with E-state index in [0.29, 0.717) is 28.5 Å². The number of thiazole rings is 1. The molecule has 4 aromatic heterocycles. The van der Waals surface area contributed by atoms with Crippen molar-refractivity contribution < 1.29 is 4.39 Å². The van der Waals surface area contributed by atoms with Gasteiger partial charge in [-0.05, 0) is 36.4 Å². The Kier molecular flexibility index (Phi) is 4.66. The molecule has 0 atom stereocenters. The van der Waals surface area contributed by atoms with Crippen LogP contribution < -0.4 is 5.32 Å². The Hall–Kier alpha value is -4.37. The van der Waals surface area contributed by atoms with Gasteiger partial charge in [0, 0.05) is 57.3 Å². The molecule has 0 saturated heterocycles. The van der Waals surface area contributed by atoms with E-state index in [4.69, 9.17) is 0 Å². The van der Waals surface area contributed by atoms with Crippen LogP contribution in [0.25, 0.3) is 44.1 Å². The van der Waals surface area contributed by atoms with Crippen LogP contribution >= 0.6 is 11.3 Å². The van der Waals surface area contributed by atoms with Gasteiger partial charge in [0.1, 0.15) is 16.6 Å². The Morgan fingerprint density at radius 2 is 1.91 bits per heavy atom. The molecule has 0 aliphatic carbocycles. The fourth-order valence-corrected chi connectivity index (χ4v) is 4.29. The molecule has 0 bridgehead atoms. The first-order chi connectivity index (χ1) is 16.2. The van der Waals surface area contributed by atoms with Crippen molar-refractivity contribution in [3.8, 4) is 33.2 Å². The number of aromatic amines is 2. The van der Waals surface area contributed by atoms with E-state index in [9.17, 15) is 4.39 Å². The summed E-state index contributed by atoms with van der Waals surface area (Å²) in [5.41, 5.74) is 4.61. The van der Waals surface area contributed by atoms with Crippen LogP contribution in [0, 0.1) is 5.82 Å². The lowest BCUT2D eigenvalue weighted by Crippen LogP contribution is -1.97. The van der Waals surface area contributed by atoms with Crippen LogP contribution in [0.4, 0.5) is 15.9 Å². The van der Waals surface area contributed by atoms with Crippen molar-refractivity contribution in [2.75, 3.05) is 5.32 Å². The molecule has 0 radical (unpaired) electrons. The van der Waals surface area contributed by atoms with E-state index in [0.717, 1.165) is 27.2 Å². The highest BCUT2D eigenvalue weighted by Crippen LogP contribution is 2.29. The summed E-state index contributed by atoms with van der Waals surface area (Å²) < 4.78 is 14.6. The molecule has 160 valence electrons. The first-order valence-electron chi connectivity index (χ1n) is 10.1. The summed E-state index contributed by atoms with van der Waals surface area (Å²) in [6.07, 6.45) is 6.72. The van der Waals surface area contributed by atoms with E-state index in [1.54, 1.807) is 54.3 Å². The average Bonchev–Trinajstić information content (AvgIpc) is 3.60. The number of halogens is 1. The van der Waals surface area contributed by atoms with Crippen molar-refractivity contribution in [1.29, 1.82) is 0 Å². The lowest BCUT2D eigenvalue weighted by Gasteiger charge is -2.09. The van der Waals surface area contributed by atoms with Gasteiger partial charge in [0.2, 0.25) is 0 Å². The predicted octanol–water partition coefficient (Wildman–Crippen LogP) is 6.02. The van der Waals surface area contributed by atoms with Gasteiger partial charge >= 0.3 is 0 Å². The minimum Gasteiger partial charge on any atom is -0.353 e. The average molecular weight is 454 g/mol. The van der Waals surface area contributed by atoms with Crippen LogP contribution in [0.15, 0.2) is 78.7 Å². The summed E-state index contributed by atoms with van der Waals surface area (Å²) in [6.45, 7) is 0. The molecule has 33 heavy (non-hydrogen) atoms. The number of rotatable bonds is 5. The van der Waals surface area contributed by atoms with Crippen LogP contribution in [0.2, 0.25) is 0 Å². The highest BCUT2D eigenvalue weighted by atomic mass is 32.1. The normalized spacial score (nSPS) is 11.2. The van der Waals surface area contributed by atoms with Crippen LogP contribution in [-0.2, 0) is 0 Å². The van der Waals surface area contributed by atoms with Crippen molar-refractivity contribution >= 4 is 33.7 Å². The summed E-state index contributed by atoms with van der Waals surface area (Å²) in [5.74, 6) is 0.803. The van der Waals surface area contributed by atoms with Crippen molar-refractivity contribution in [2.24, 2.45) is 0 Å². The quantitative estimate of drug-likeness (QED) is 0.297. The number of benzene rings is 2. The van der Waals surface area contributed by atoms with E-state index in [-0.39, 0.29) is 5.82 Å². The first-order valence-corrected chi connectivity index (χ1v) is 11.0. The number of aromatic nitrogens is 6. The third-order valence-corrected chi connectivity index (χ3v) is 6.06. The van der Waals surface area contributed by atoms with Gasteiger partial charge in [-0.2, -0.15) is 5.10 Å². The molecule has 3 N–H and O–H groups in total. The van der Waals surface area contributed by atoms with Gasteiger partial charge in [0.05, 0.1) is 11.9 Å². The number of nitrogens with zero attached hydrogens (tertiary/aromatic N) is 4. The first kappa shape index (κ1) is 19.3. The summed E-state index contributed by atoms with van der Waals surface area (Å²) >= 11 is 1.59. The second-order valence-electron chi connectivity index (χ2n) is 7.39. The van der Waals surface area contributed by atoms with E-state index in [1.807, 2.05) is 23.6 Å². The van der Waals surface area contributed by atoms with Gasteiger partial charge in [-0.25, -0.2) is 19.3 Å². The van der Waals surface area contributed by atoms with Gasteiger partial charge in [-0.15, -0.1) is 11.3 Å². The number of nitrogens with one attached hydrogen (secondary N) is 3. The summed E-state index contributed by atoms with van der Waals surface area (Å²) in [6, 6.07) is 14.8. The smallest absolute Gasteiger partial charge is 0.161 e. The molecule has 0 spiro atoms. The molecule has 6 rings (SSSR count). The molecule has 0 unspecified atom stereocenters. The zero-order valence-electron chi connectivity index (χ0n) is 17.1.